The molecule has 0 aromatic heterocycles. The minimum Gasteiger partial charge on any atom is -0.404 e. The zero-order valence-corrected chi connectivity index (χ0v) is 16.9. The summed E-state index contributed by atoms with van der Waals surface area (Å²) in [6, 6.07) is 24.8. The summed E-state index contributed by atoms with van der Waals surface area (Å²) in [5.74, 6) is 0.262. The van der Waals surface area contributed by atoms with Crippen molar-refractivity contribution in [3.63, 3.8) is 0 Å². The quantitative estimate of drug-likeness (QED) is 0.230. The van der Waals surface area contributed by atoms with Crippen molar-refractivity contribution in [1.29, 1.82) is 0 Å². The van der Waals surface area contributed by atoms with E-state index in [2.05, 4.69) is 0 Å². The molecule has 0 bridgehead atoms. The Balaban J connectivity index is 1.72. The van der Waals surface area contributed by atoms with Gasteiger partial charge in [-0.1, -0.05) is 72.8 Å². The van der Waals surface area contributed by atoms with Gasteiger partial charge in [0.15, 0.2) is 0 Å². The highest BCUT2D eigenvalue weighted by molar-refractivity contribution is 7.48. The van der Waals surface area contributed by atoms with E-state index in [0.29, 0.717) is 5.56 Å². The fraction of sp³-hybridized carbons (Fsp3) is 0.0909. The van der Waals surface area contributed by atoms with Crippen LogP contribution in [0.25, 0.3) is 6.08 Å². The maximum Gasteiger partial charge on any atom is 0.530 e. The number of phosphoric acid groups is 1. The van der Waals surface area contributed by atoms with Gasteiger partial charge in [-0.25, -0.2) is 4.57 Å². The van der Waals surface area contributed by atoms with Gasteiger partial charge in [0.1, 0.15) is 5.75 Å². The number of nitrogens with zero attached hydrogens (tertiary/aromatic N) is 1. The summed E-state index contributed by atoms with van der Waals surface area (Å²) in [6.07, 6.45) is 2.19. The second kappa shape index (κ2) is 10.5. The Hall–Kier alpha value is -3.25. The molecule has 0 N–H and O–H groups in total. The van der Waals surface area contributed by atoms with Gasteiger partial charge >= 0.3 is 7.82 Å². The third-order valence-corrected chi connectivity index (χ3v) is 5.28. The van der Waals surface area contributed by atoms with Crippen LogP contribution in [0.15, 0.2) is 91.1 Å². The average molecular weight is 425 g/mol. The third kappa shape index (κ3) is 6.97. The van der Waals surface area contributed by atoms with Crippen LogP contribution in [0.1, 0.15) is 16.7 Å². The van der Waals surface area contributed by atoms with Gasteiger partial charge in [-0.15, -0.1) is 0 Å². The fourth-order valence-electron chi connectivity index (χ4n) is 2.46. The first-order chi connectivity index (χ1) is 14.5. The fourth-order valence-corrected chi connectivity index (χ4v) is 3.64. The van der Waals surface area contributed by atoms with Crippen LogP contribution in [-0.4, -0.2) is 4.92 Å². The van der Waals surface area contributed by atoms with Gasteiger partial charge in [0, 0.05) is 6.08 Å². The lowest BCUT2D eigenvalue weighted by Crippen LogP contribution is -2.03. The summed E-state index contributed by atoms with van der Waals surface area (Å²) in [6.45, 7) is 0.104. The van der Waals surface area contributed by atoms with E-state index in [1.165, 1.54) is 6.08 Å². The number of hydrogen-bond donors (Lipinski definition) is 0. The van der Waals surface area contributed by atoms with Crippen molar-refractivity contribution in [2.24, 2.45) is 0 Å². The standard InChI is InChI=1S/C22H20NO6P/c24-23(25)16-15-19-11-13-22(14-12-19)29-30(26,27-17-20-7-3-1-4-8-20)28-18-21-9-5-2-6-10-21/h1-16H,17-18H2/b16-15+. The van der Waals surface area contributed by atoms with E-state index in [9.17, 15) is 14.7 Å². The number of nitro groups is 1. The topological polar surface area (TPSA) is 87.9 Å². The van der Waals surface area contributed by atoms with Crippen LogP contribution in [0.5, 0.6) is 5.75 Å². The van der Waals surface area contributed by atoms with Gasteiger partial charge < -0.3 is 4.52 Å². The summed E-state index contributed by atoms with van der Waals surface area (Å²) < 4.78 is 30.0. The van der Waals surface area contributed by atoms with Crippen molar-refractivity contribution in [1.82, 2.24) is 0 Å². The summed E-state index contributed by atoms with van der Waals surface area (Å²) in [4.78, 5) is 9.88. The number of benzene rings is 3. The molecule has 0 radical (unpaired) electrons. The molecule has 0 saturated heterocycles. The second-order valence-electron chi connectivity index (χ2n) is 6.23. The van der Waals surface area contributed by atoms with E-state index in [1.54, 1.807) is 24.3 Å². The Labute approximate surface area is 174 Å². The van der Waals surface area contributed by atoms with Gasteiger partial charge in [0.05, 0.1) is 18.1 Å². The molecule has 154 valence electrons. The average Bonchev–Trinajstić information content (AvgIpc) is 2.77. The van der Waals surface area contributed by atoms with Crippen molar-refractivity contribution in [3.8, 4) is 5.75 Å². The first kappa shape index (κ1) is 21.5. The molecule has 0 fully saturated rings. The molecule has 3 rings (SSSR count). The smallest absolute Gasteiger partial charge is 0.404 e. The van der Waals surface area contributed by atoms with E-state index in [0.717, 1.165) is 17.3 Å². The van der Waals surface area contributed by atoms with Crippen LogP contribution in [0, 0.1) is 10.1 Å². The predicted molar refractivity (Wildman–Crippen MR) is 113 cm³/mol. The Morgan fingerprint density at radius 1 is 0.800 bits per heavy atom. The van der Waals surface area contributed by atoms with Crippen molar-refractivity contribution in [2.45, 2.75) is 13.2 Å². The lowest BCUT2D eigenvalue weighted by atomic mass is 10.2. The van der Waals surface area contributed by atoms with E-state index in [1.807, 2.05) is 60.7 Å². The van der Waals surface area contributed by atoms with E-state index >= 15 is 0 Å². The maximum absolute atomic E-state index is 13.3. The molecule has 3 aromatic carbocycles. The Morgan fingerprint density at radius 3 is 1.77 bits per heavy atom. The molecule has 30 heavy (non-hydrogen) atoms. The highest BCUT2D eigenvalue weighted by Crippen LogP contribution is 2.51. The van der Waals surface area contributed by atoms with Crippen LogP contribution in [-0.2, 0) is 26.8 Å². The molecule has 0 saturated carbocycles. The first-order valence-corrected chi connectivity index (χ1v) is 10.6. The minimum atomic E-state index is -3.94. The maximum atomic E-state index is 13.3. The van der Waals surface area contributed by atoms with E-state index in [-0.39, 0.29) is 19.0 Å². The van der Waals surface area contributed by atoms with Crippen LogP contribution in [0.4, 0.5) is 0 Å². The molecule has 0 heterocycles. The Bertz CT molecular complexity index is 975. The summed E-state index contributed by atoms with van der Waals surface area (Å²) in [7, 11) is -3.94. The van der Waals surface area contributed by atoms with Crippen LogP contribution >= 0.6 is 7.82 Å². The van der Waals surface area contributed by atoms with E-state index in [4.69, 9.17) is 13.6 Å². The number of rotatable bonds is 10. The highest BCUT2D eigenvalue weighted by Gasteiger charge is 2.29. The highest BCUT2D eigenvalue weighted by atomic mass is 31.2. The molecule has 0 aliphatic heterocycles. The Morgan fingerprint density at radius 2 is 1.30 bits per heavy atom. The molecule has 0 spiro atoms. The molecule has 0 aliphatic carbocycles. The zero-order chi connectivity index (χ0) is 21.2. The normalized spacial score (nSPS) is 11.5. The monoisotopic (exact) mass is 425 g/mol. The Kier molecular flexibility index (Phi) is 7.51. The van der Waals surface area contributed by atoms with Crippen LogP contribution < -0.4 is 4.52 Å². The van der Waals surface area contributed by atoms with Crippen molar-refractivity contribution in [3.05, 3.63) is 118 Å². The predicted octanol–water partition coefficient (Wildman–Crippen LogP) is 5.85. The molecular weight excluding hydrogens is 405 g/mol. The van der Waals surface area contributed by atoms with Gasteiger partial charge in [-0.2, -0.15) is 0 Å². The second-order valence-corrected chi connectivity index (χ2v) is 7.82. The summed E-state index contributed by atoms with van der Waals surface area (Å²) >= 11 is 0. The molecule has 0 amide bonds. The lowest BCUT2D eigenvalue weighted by molar-refractivity contribution is -0.400. The molecule has 0 aliphatic rings. The van der Waals surface area contributed by atoms with Crippen LogP contribution in [0.3, 0.4) is 0 Å². The van der Waals surface area contributed by atoms with Gasteiger partial charge in [-0.3, -0.25) is 19.2 Å². The van der Waals surface area contributed by atoms with Crippen LogP contribution in [0.2, 0.25) is 0 Å². The zero-order valence-electron chi connectivity index (χ0n) is 16.0. The SMILES string of the molecule is O=[N+]([O-])/C=C/c1ccc(OP(=O)(OCc2ccccc2)OCc2ccccc2)cc1. The molecule has 8 heteroatoms. The lowest BCUT2D eigenvalue weighted by Gasteiger charge is -2.19. The van der Waals surface area contributed by atoms with E-state index < -0.39 is 12.7 Å². The van der Waals surface area contributed by atoms with Crippen molar-refractivity contribution >= 4 is 13.9 Å². The number of phosphoric ester groups is 1. The molecular formula is C22H20NO6P. The summed E-state index contributed by atoms with van der Waals surface area (Å²) in [5.41, 5.74) is 2.25. The number of hydrogen-bond acceptors (Lipinski definition) is 6. The summed E-state index contributed by atoms with van der Waals surface area (Å²) in [5, 5.41) is 10.4. The first-order valence-electron chi connectivity index (χ1n) is 9.11. The molecule has 7 nitrogen and oxygen atoms in total. The minimum absolute atomic E-state index is 0.0521. The van der Waals surface area contributed by atoms with Crippen molar-refractivity contribution in [2.75, 3.05) is 0 Å². The van der Waals surface area contributed by atoms with Crippen molar-refractivity contribution < 1.29 is 23.1 Å². The third-order valence-electron chi connectivity index (χ3n) is 3.95. The largest absolute Gasteiger partial charge is 0.530 e. The molecule has 0 atom stereocenters. The van der Waals surface area contributed by atoms with Gasteiger partial charge in [0.2, 0.25) is 6.20 Å². The molecule has 0 unspecified atom stereocenters. The molecule has 3 aromatic rings. The van der Waals surface area contributed by atoms with Gasteiger partial charge in [-0.05, 0) is 28.8 Å². The van der Waals surface area contributed by atoms with Gasteiger partial charge in [0.25, 0.3) is 0 Å².